The van der Waals surface area contributed by atoms with E-state index in [-0.39, 0.29) is 5.91 Å². The Morgan fingerprint density at radius 2 is 2.29 bits per heavy atom. The first-order valence-corrected chi connectivity index (χ1v) is 4.36. The maximum atomic E-state index is 10.5. The van der Waals surface area contributed by atoms with Crippen LogP contribution in [0.2, 0.25) is 0 Å². The number of aryl methyl sites for hydroxylation is 1. The number of hydrogen-bond acceptors (Lipinski definition) is 5. The van der Waals surface area contributed by atoms with Crippen LogP contribution in [0.1, 0.15) is 12.7 Å². The minimum atomic E-state index is -0.0237. The molecule has 0 aliphatic heterocycles. The van der Waals surface area contributed by atoms with Crippen molar-refractivity contribution < 1.29 is 4.79 Å². The molecule has 1 aromatic heterocycles. The third-order valence-electron chi connectivity index (χ3n) is 1.51. The van der Waals surface area contributed by atoms with Gasteiger partial charge in [0.2, 0.25) is 5.91 Å². The van der Waals surface area contributed by atoms with Crippen LogP contribution in [0.25, 0.3) is 0 Å². The molecule has 2 N–H and O–H groups in total. The summed E-state index contributed by atoms with van der Waals surface area (Å²) in [6, 6.07) is 0. The highest BCUT2D eigenvalue weighted by molar-refractivity contribution is 5.72. The van der Waals surface area contributed by atoms with E-state index < -0.39 is 0 Å². The molecular formula is C7H14N6O. The van der Waals surface area contributed by atoms with Gasteiger partial charge in [-0.1, -0.05) is 0 Å². The maximum absolute atomic E-state index is 10.5. The normalized spacial score (nSPS) is 10.1. The van der Waals surface area contributed by atoms with Gasteiger partial charge in [0.15, 0.2) is 5.82 Å². The van der Waals surface area contributed by atoms with Crippen LogP contribution in [0.3, 0.4) is 0 Å². The Morgan fingerprint density at radius 1 is 1.50 bits per heavy atom. The lowest BCUT2D eigenvalue weighted by molar-refractivity contribution is -0.118. The summed E-state index contributed by atoms with van der Waals surface area (Å²) in [6.45, 7) is 3.35. The SMILES string of the molecule is CC(=O)NCCNCc1nnn(C)n1. The van der Waals surface area contributed by atoms with Gasteiger partial charge in [-0.3, -0.25) is 4.79 Å². The summed E-state index contributed by atoms with van der Waals surface area (Å²) in [4.78, 5) is 11.9. The Morgan fingerprint density at radius 3 is 2.86 bits per heavy atom. The number of carbonyl (C=O) groups is 1. The second-order valence-electron chi connectivity index (χ2n) is 2.85. The molecule has 1 amide bonds. The first-order chi connectivity index (χ1) is 6.68. The van der Waals surface area contributed by atoms with E-state index in [4.69, 9.17) is 0 Å². The van der Waals surface area contributed by atoms with Crippen molar-refractivity contribution in [2.75, 3.05) is 13.1 Å². The number of hydrogen-bond donors (Lipinski definition) is 2. The molecule has 7 heteroatoms. The van der Waals surface area contributed by atoms with Crippen LogP contribution in [-0.2, 0) is 18.4 Å². The molecule has 1 aromatic rings. The number of rotatable bonds is 5. The van der Waals surface area contributed by atoms with Crippen molar-refractivity contribution in [1.82, 2.24) is 30.8 Å². The molecule has 1 heterocycles. The Hall–Kier alpha value is -1.50. The van der Waals surface area contributed by atoms with Crippen molar-refractivity contribution >= 4 is 5.91 Å². The van der Waals surface area contributed by atoms with Crippen LogP contribution >= 0.6 is 0 Å². The summed E-state index contributed by atoms with van der Waals surface area (Å²) in [5.41, 5.74) is 0. The maximum Gasteiger partial charge on any atom is 0.216 e. The second-order valence-corrected chi connectivity index (χ2v) is 2.85. The van der Waals surface area contributed by atoms with E-state index >= 15 is 0 Å². The van der Waals surface area contributed by atoms with Crippen molar-refractivity contribution in [2.45, 2.75) is 13.5 Å². The number of tetrazole rings is 1. The van der Waals surface area contributed by atoms with Gasteiger partial charge in [0.1, 0.15) is 0 Å². The third-order valence-corrected chi connectivity index (χ3v) is 1.51. The molecule has 0 radical (unpaired) electrons. The molecule has 0 aromatic carbocycles. The van der Waals surface area contributed by atoms with Gasteiger partial charge in [-0.15, -0.1) is 10.2 Å². The summed E-state index contributed by atoms with van der Waals surface area (Å²) in [5, 5.41) is 17.2. The van der Waals surface area contributed by atoms with Gasteiger partial charge >= 0.3 is 0 Å². The van der Waals surface area contributed by atoms with Crippen molar-refractivity contribution in [2.24, 2.45) is 7.05 Å². The zero-order chi connectivity index (χ0) is 10.4. The highest BCUT2D eigenvalue weighted by Gasteiger charge is 1.98. The van der Waals surface area contributed by atoms with E-state index in [0.717, 1.165) is 0 Å². The van der Waals surface area contributed by atoms with Crippen LogP contribution < -0.4 is 10.6 Å². The Bertz CT molecular complexity index is 296. The molecule has 0 bridgehead atoms. The van der Waals surface area contributed by atoms with E-state index in [0.29, 0.717) is 25.5 Å². The van der Waals surface area contributed by atoms with Crippen molar-refractivity contribution in [3.8, 4) is 0 Å². The highest BCUT2D eigenvalue weighted by Crippen LogP contribution is 1.81. The minimum absolute atomic E-state index is 0.0237. The zero-order valence-corrected chi connectivity index (χ0v) is 8.32. The molecule has 7 nitrogen and oxygen atoms in total. The van der Waals surface area contributed by atoms with Crippen LogP contribution in [0.4, 0.5) is 0 Å². The fraction of sp³-hybridized carbons (Fsp3) is 0.714. The van der Waals surface area contributed by atoms with E-state index in [1.807, 2.05) is 0 Å². The summed E-state index contributed by atoms with van der Waals surface area (Å²) in [7, 11) is 1.72. The Balaban J connectivity index is 2.07. The average molecular weight is 198 g/mol. The molecule has 78 valence electrons. The van der Waals surface area contributed by atoms with Gasteiger partial charge < -0.3 is 10.6 Å². The number of nitrogens with one attached hydrogen (secondary N) is 2. The quantitative estimate of drug-likeness (QED) is 0.559. The fourth-order valence-electron chi connectivity index (χ4n) is 0.921. The lowest BCUT2D eigenvalue weighted by atomic mass is 10.5. The van der Waals surface area contributed by atoms with Crippen molar-refractivity contribution in [3.63, 3.8) is 0 Å². The average Bonchev–Trinajstić information content (AvgIpc) is 2.50. The molecule has 0 aliphatic carbocycles. The van der Waals surface area contributed by atoms with E-state index in [2.05, 4.69) is 26.0 Å². The lowest BCUT2D eigenvalue weighted by Gasteiger charge is -2.01. The zero-order valence-electron chi connectivity index (χ0n) is 8.32. The van der Waals surface area contributed by atoms with Gasteiger partial charge in [0.05, 0.1) is 13.6 Å². The largest absolute Gasteiger partial charge is 0.355 e. The molecule has 0 saturated carbocycles. The highest BCUT2D eigenvalue weighted by atomic mass is 16.1. The van der Waals surface area contributed by atoms with Gasteiger partial charge in [0.25, 0.3) is 0 Å². The lowest BCUT2D eigenvalue weighted by Crippen LogP contribution is -2.30. The van der Waals surface area contributed by atoms with Crippen LogP contribution in [0.15, 0.2) is 0 Å². The van der Waals surface area contributed by atoms with Crippen LogP contribution in [0, 0.1) is 0 Å². The van der Waals surface area contributed by atoms with Gasteiger partial charge in [-0.2, -0.15) is 4.80 Å². The van der Waals surface area contributed by atoms with Gasteiger partial charge in [-0.05, 0) is 5.21 Å². The standard InChI is InChI=1S/C7H14N6O/c1-6(14)9-4-3-8-5-7-10-12-13(2)11-7/h8H,3-5H2,1-2H3,(H,9,14). The van der Waals surface area contributed by atoms with Crippen molar-refractivity contribution in [1.29, 1.82) is 0 Å². The number of aromatic nitrogens is 4. The monoisotopic (exact) mass is 198 g/mol. The minimum Gasteiger partial charge on any atom is -0.355 e. The third kappa shape index (κ3) is 3.94. The van der Waals surface area contributed by atoms with E-state index in [1.54, 1.807) is 7.05 Å². The topological polar surface area (TPSA) is 84.7 Å². The fourth-order valence-corrected chi connectivity index (χ4v) is 0.921. The molecule has 14 heavy (non-hydrogen) atoms. The molecule has 0 atom stereocenters. The summed E-state index contributed by atoms with van der Waals surface area (Å²) in [6.07, 6.45) is 0. The molecule has 1 rings (SSSR count). The first-order valence-electron chi connectivity index (χ1n) is 4.36. The summed E-state index contributed by atoms with van der Waals surface area (Å²) in [5.74, 6) is 0.625. The predicted molar refractivity (Wildman–Crippen MR) is 49.2 cm³/mol. The number of carbonyl (C=O) groups excluding carboxylic acids is 1. The smallest absolute Gasteiger partial charge is 0.216 e. The Labute approximate surface area is 81.9 Å². The first kappa shape index (κ1) is 10.6. The van der Waals surface area contributed by atoms with Crippen LogP contribution in [0.5, 0.6) is 0 Å². The van der Waals surface area contributed by atoms with Gasteiger partial charge in [0, 0.05) is 20.0 Å². The molecule has 0 aliphatic rings. The Kier molecular flexibility index (Phi) is 3.99. The van der Waals surface area contributed by atoms with Crippen molar-refractivity contribution in [3.05, 3.63) is 5.82 Å². The van der Waals surface area contributed by atoms with E-state index in [9.17, 15) is 4.79 Å². The molecule has 0 spiro atoms. The second kappa shape index (κ2) is 5.28. The molecule has 0 saturated heterocycles. The molecule has 0 unspecified atom stereocenters. The summed E-state index contributed by atoms with van der Waals surface area (Å²) < 4.78 is 0. The van der Waals surface area contributed by atoms with E-state index in [1.165, 1.54) is 11.7 Å². The number of nitrogens with zero attached hydrogens (tertiary/aromatic N) is 4. The van der Waals surface area contributed by atoms with Crippen LogP contribution in [-0.4, -0.2) is 39.2 Å². The van der Waals surface area contributed by atoms with Gasteiger partial charge in [-0.25, -0.2) is 0 Å². The molecule has 0 fully saturated rings. The predicted octanol–water partition coefficient (Wildman–Crippen LogP) is -1.56. The number of amides is 1. The molecular weight excluding hydrogens is 184 g/mol. The summed E-state index contributed by atoms with van der Waals surface area (Å²) >= 11 is 0.